The molecule has 2 heterocycles. The zero-order valence-corrected chi connectivity index (χ0v) is 17.9. The lowest BCUT2D eigenvalue weighted by Crippen LogP contribution is -2.65. The highest BCUT2D eigenvalue weighted by atomic mass is 16.3. The minimum absolute atomic E-state index is 0. The minimum atomic E-state index is -1.08. The van der Waals surface area contributed by atoms with Crippen LogP contribution in [0.15, 0.2) is 40.8 Å². The Hall–Kier alpha value is -2.31. The fourth-order valence-electron chi connectivity index (χ4n) is 6.22. The van der Waals surface area contributed by atoms with Gasteiger partial charge in [-0.25, -0.2) is 0 Å². The first-order valence-corrected chi connectivity index (χ1v) is 11.0. The Bertz CT molecular complexity index is 1050. The van der Waals surface area contributed by atoms with Gasteiger partial charge in [0.2, 0.25) is 0 Å². The number of nitrogens with one attached hydrogen (secondary N) is 1. The van der Waals surface area contributed by atoms with E-state index in [2.05, 4.69) is 35.2 Å². The van der Waals surface area contributed by atoms with Gasteiger partial charge in [-0.05, 0) is 43.2 Å². The summed E-state index contributed by atoms with van der Waals surface area (Å²) in [5.74, 6) is -1.37. The largest absolute Gasteiger partial charge is 0.851 e. The van der Waals surface area contributed by atoms with E-state index in [9.17, 15) is 15.0 Å². The number of para-hydroxylation sites is 1. The second-order valence-corrected chi connectivity index (χ2v) is 9.32. The fraction of sp³-hybridized carbons (Fsp3) is 0.560. The van der Waals surface area contributed by atoms with Gasteiger partial charge in [0, 0.05) is 42.2 Å². The van der Waals surface area contributed by atoms with Gasteiger partial charge in [0.1, 0.15) is 0 Å². The first-order valence-electron chi connectivity index (χ1n) is 11.0. The van der Waals surface area contributed by atoms with E-state index in [0.29, 0.717) is 11.3 Å². The van der Waals surface area contributed by atoms with Crippen LogP contribution in [0.3, 0.4) is 0 Å². The van der Waals surface area contributed by atoms with Crippen molar-refractivity contribution in [3.63, 3.8) is 0 Å². The Kier molecular flexibility index (Phi) is 5.42. The zero-order valence-electron chi connectivity index (χ0n) is 17.9. The fourth-order valence-corrected chi connectivity index (χ4v) is 6.22. The number of allylic oxidation sites excluding steroid dienone is 1. The summed E-state index contributed by atoms with van der Waals surface area (Å²) in [6, 6.07) is 8.47. The molecule has 5 rings (SSSR count). The smallest absolute Gasteiger partial charge is 0.269 e. The number of hydrogen-bond acceptors (Lipinski definition) is 4. The molecule has 2 fully saturated rings. The van der Waals surface area contributed by atoms with Gasteiger partial charge >= 0.3 is 0 Å². The summed E-state index contributed by atoms with van der Waals surface area (Å²) >= 11 is 0. The molecule has 168 valence electrons. The number of aryl methyl sites for hydroxylation is 2. The molecule has 0 radical (unpaired) electrons. The monoisotopic (exact) mass is 423 g/mol. The van der Waals surface area contributed by atoms with Crippen molar-refractivity contribution in [3.8, 4) is 0 Å². The molecular weight excluding hydrogens is 390 g/mol. The van der Waals surface area contributed by atoms with Crippen LogP contribution >= 0.6 is 0 Å². The first-order chi connectivity index (χ1) is 14.4. The van der Waals surface area contributed by atoms with Gasteiger partial charge in [0.25, 0.3) is 5.56 Å². The molecule has 2 aromatic rings. The van der Waals surface area contributed by atoms with Crippen LogP contribution < -0.4 is 20.7 Å². The van der Waals surface area contributed by atoms with Crippen molar-refractivity contribution in [3.05, 3.63) is 63.2 Å². The van der Waals surface area contributed by atoms with Crippen LogP contribution in [-0.2, 0) is 12.5 Å². The van der Waals surface area contributed by atoms with Gasteiger partial charge in [-0.3, -0.25) is 14.6 Å². The molecule has 31 heavy (non-hydrogen) atoms. The number of aromatic amines is 1. The zero-order chi connectivity index (χ0) is 21.2. The van der Waals surface area contributed by atoms with Crippen LogP contribution in [-0.4, -0.2) is 29.0 Å². The molecule has 1 N–H and O–H groups in total. The predicted molar refractivity (Wildman–Crippen MR) is 119 cm³/mol. The second kappa shape index (κ2) is 7.68. The second-order valence-electron chi connectivity index (χ2n) is 9.32. The van der Waals surface area contributed by atoms with Crippen LogP contribution in [0.5, 0.6) is 0 Å². The van der Waals surface area contributed by atoms with Gasteiger partial charge in [-0.15, -0.1) is 12.2 Å². The third kappa shape index (κ3) is 2.95. The molecule has 6 heteroatoms. The van der Waals surface area contributed by atoms with Crippen molar-refractivity contribution in [1.29, 1.82) is 0 Å². The Morgan fingerprint density at radius 2 is 1.74 bits per heavy atom. The van der Waals surface area contributed by atoms with E-state index in [1.165, 1.54) is 22.4 Å². The Balaban J connectivity index is 0.00000231. The maximum atomic E-state index is 13.2. The van der Waals surface area contributed by atoms with E-state index in [0.717, 1.165) is 31.4 Å². The molecule has 2 unspecified atom stereocenters. The summed E-state index contributed by atoms with van der Waals surface area (Å²) in [4.78, 5) is 14.6. The van der Waals surface area contributed by atoms with Crippen LogP contribution in [0.25, 0.3) is 0 Å². The van der Waals surface area contributed by atoms with Gasteiger partial charge in [-0.2, -0.15) is 0 Å². The normalized spacial score (nSPS) is 30.2. The molecule has 0 bridgehead atoms. The number of H-pyrrole nitrogens is 1. The molecule has 2 aliphatic carbocycles. The van der Waals surface area contributed by atoms with Crippen molar-refractivity contribution < 1.29 is 10.2 Å². The molecule has 0 amide bonds. The summed E-state index contributed by atoms with van der Waals surface area (Å²) in [6.45, 7) is 1.76. The number of nitrogens with zero attached hydrogens (tertiary/aromatic N) is 2. The lowest BCUT2D eigenvalue weighted by Gasteiger charge is -2.60. The van der Waals surface area contributed by atoms with Crippen molar-refractivity contribution in [1.82, 2.24) is 9.78 Å². The Morgan fingerprint density at radius 3 is 2.35 bits per heavy atom. The van der Waals surface area contributed by atoms with Crippen molar-refractivity contribution in [2.24, 2.45) is 13.0 Å². The summed E-state index contributed by atoms with van der Waals surface area (Å²) < 4.78 is 1.36. The van der Waals surface area contributed by atoms with Crippen LogP contribution in [0.2, 0.25) is 0 Å². The van der Waals surface area contributed by atoms with E-state index >= 15 is 0 Å². The van der Waals surface area contributed by atoms with Gasteiger partial charge in [0.15, 0.2) is 0 Å². The average Bonchev–Trinajstić information content (AvgIpc) is 3.12. The lowest BCUT2D eigenvalue weighted by molar-refractivity contribution is -0.543. The van der Waals surface area contributed by atoms with Crippen LogP contribution in [0.1, 0.15) is 62.3 Å². The number of anilines is 1. The lowest BCUT2D eigenvalue weighted by atomic mass is 9.63. The van der Waals surface area contributed by atoms with E-state index in [-0.39, 0.29) is 18.4 Å². The molecular formula is C25H33N3O3-2. The van der Waals surface area contributed by atoms with E-state index < -0.39 is 24.0 Å². The third-order valence-electron chi connectivity index (χ3n) is 7.76. The highest BCUT2D eigenvalue weighted by Crippen LogP contribution is 2.55. The van der Waals surface area contributed by atoms with Gasteiger partial charge in [-0.1, -0.05) is 51.0 Å². The molecule has 2 saturated carbocycles. The molecule has 1 spiro atoms. The summed E-state index contributed by atoms with van der Waals surface area (Å²) in [6.07, 6.45) is 5.47. The summed E-state index contributed by atoms with van der Waals surface area (Å²) in [5, 5.41) is 29.3. The minimum Gasteiger partial charge on any atom is -0.851 e. The molecule has 2 atom stereocenters. The highest BCUT2D eigenvalue weighted by molar-refractivity contribution is 5.70. The number of aromatic nitrogens is 2. The Morgan fingerprint density at radius 1 is 1.10 bits per heavy atom. The first kappa shape index (κ1) is 21.9. The van der Waals surface area contributed by atoms with E-state index in [4.69, 9.17) is 0 Å². The Labute approximate surface area is 184 Å². The predicted octanol–water partition coefficient (Wildman–Crippen LogP) is 2.06. The van der Waals surface area contributed by atoms with E-state index in [1.807, 2.05) is 12.1 Å². The quantitative estimate of drug-likeness (QED) is 0.801. The highest BCUT2D eigenvalue weighted by Gasteiger charge is 2.48. The third-order valence-corrected chi connectivity index (χ3v) is 7.76. The van der Waals surface area contributed by atoms with Gasteiger partial charge in [0.05, 0.1) is 0 Å². The maximum Gasteiger partial charge on any atom is 0.269 e. The maximum absolute atomic E-state index is 13.2. The summed E-state index contributed by atoms with van der Waals surface area (Å²) in [5.41, 5.74) is 4.30. The SMILES string of the molecule is C.Cc1[nH]n(C)c(=O)c1C1C([O-])C(C=C2N(C)c3ccccc3C23CCCCC3)C1[O-]. The average molecular weight is 424 g/mol. The van der Waals surface area contributed by atoms with E-state index in [1.54, 1.807) is 14.0 Å². The number of fused-ring (bicyclic) bond motifs is 2. The molecule has 1 aromatic carbocycles. The number of benzene rings is 1. The molecule has 1 aromatic heterocycles. The number of likely N-dealkylation sites (N-methyl/N-ethyl adjacent to an activating group) is 1. The molecule has 3 aliphatic rings. The number of rotatable bonds is 2. The summed E-state index contributed by atoms with van der Waals surface area (Å²) in [7, 11) is 3.67. The standard InChI is InChI=1S/C24H29N3O3.CH4/c1-14-19(23(30)27(3)25-14)20-21(28)15(22(20)29)13-18-24(11-7-4-8-12-24)16-9-5-6-10-17(16)26(18)2;/h5-6,9-10,13,15,20-22,25H,4,7-8,11-12H2,1-3H3;1H4/q-2;. The van der Waals surface area contributed by atoms with Gasteiger partial charge < -0.3 is 15.1 Å². The van der Waals surface area contributed by atoms with Crippen molar-refractivity contribution in [2.45, 2.75) is 70.0 Å². The van der Waals surface area contributed by atoms with Crippen LogP contribution in [0.4, 0.5) is 5.69 Å². The number of hydrogen-bond donors (Lipinski definition) is 1. The van der Waals surface area contributed by atoms with Crippen LogP contribution in [0, 0.1) is 12.8 Å². The molecule has 1 aliphatic heterocycles. The molecule has 6 nitrogen and oxygen atoms in total. The topological polar surface area (TPSA) is 87.1 Å². The van der Waals surface area contributed by atoms with Crippen molar-refractivity contribution in [2.75, 3.05) is 11.9 Å². The molecule has 0 saturated heterocycles. The van der Waals surface area contributed by atoms with Crippen molar-refractivity contribution >= 4 is 5.69 Å².